The van der Waals surface area contributed by atoms with E-state index < -0.39 is 14.4 Å². The Bertz CT molecular complexity index is 974. The summed E-state index contributed by atoms with van der Waals surface area (Å²) in [6, 6.07) is 8.83. The highest BCUT2D eigenvalue weighted by Crippen LogP contribution is 2.33. The first-order valence-electron chi connectivity index (χ1n) is 10.3. The molecule has 30 heavy (non-hydrogen) atoms. The summed E-state index contributed by atoms with van der Waals surface area (Å²) in [5, 5.41) is 2.43. The van der Waals surface area contributed by atoms with E-state index in [-0.39, 0.29) is 5.97 Å². The monoisotopic (exact) mass is 420 g/mol. The summed E-state index contributed by atoms with van der Waals surface area (Å²) in [6.45, 7) is 18.8. The molecule has 0 fully saturated rings. The van der Waals surface area contributed by atoms with Gasteiger partial charge in [-0.05, 0) is 92.4 Å². The molecule has 1 aliphatic heterocycles. The van der Waals surface area contributed by atoms with Crippen LogP contribution in [0.5, 0.6) is 0 Å². The Labute approximate surface area is 181 Å². The van der Waals surface area contributed by atoms with E-state index in [0.717, 1.165) is 5.57 Å². The van der Waals surface area contributed by atoms with Crippen LogP contribution in [0.3, 0.4) is 0 Å². The second kappa shape index (κ2) is 8.01. The smallest absolute Gasteiger partial charge is 0.336 e. The largest absolute Gasteiger partial charge is 0.466 e. The fourth-order valence-corrected chi connectivity index (χ4v) is 10.0. The first-order chi connectivity index (χ1) is 14.0. The second-order valence-electron chi connectivity index (χ2n) is 8.72. The van der Waals surface area contributed by atoms with Crippen LogP contribution in [0.25, 0.3) is 0 Å². The van der Waals surface area contributed by atoms with Crippen LogP contribution in [0.1, 0.15) is 40.3 Å². The molecule has 0 radical (unpaired) electrons. The van der Waals surface area contributed by atoms with Gasteiger partial charge in [-0.1, -0.05) is 42.0 Å². The minimum absolute atomic E-state index is 0.345. The first kappa shape index (κ1) is 22.3. The van der Waals surface area contributed by atoms with Gasteiger partial charge >= 0.3 is 5.97 Å². The van der Waals surface area contributed by atoms with Crippen LogP contribution in [0.15, 0.2) is 47.7 Å². The Hall–Kier alpha value is -2.43. The second-order valence-corrected chi connectivity index (χ2v) is 11.7. The maximum atomic E-state index is 12.7. The van der Waals surface area contributed by atoms with Gasteiger partial charge in [-0.25, -0.2) is 4.79 Å². The summed E-state index contributed by atoms with van der Waals surface area (Å²) in [7, 11) is -1.48. The molecule has 1 atom stereocenters. The number of esters is 1. The first-order valence-corrected chi connectivity index (χ1v) is 12.3. The highest BCUT2D eigenvalue weighted by molar-refractivity contribution is 7.03. The Morgan fingerprint density at radius 2 is 1.30 bits per heavy atom. The van der Waals surface area contributed by atoms with E-state index >= 15 is 0 Å². The predicted octanol–water partition coefficient (Wildman–Crippen LogP) is 4.21. The molecule has 3 nitrogen and oxygen atoms in total. The average Bonchev–Trinajstić information content (AvgIpc) is 3.00. The lowest BCUT2D eigenvalue weighted by molar-refractivity contribution is -0.136. The van der Waals surface area contributed by atoms with Gasteiger partial charge in [-0.2, -0.15) is 0 Å². The summed E-state index contributed by atoms with van der Waals surface area (Å²) in [4.78, 5) is 12.7. The Morgan fingerprint density at radius 1 is 0.900 bits per heavy atom. The van der Waals surface area contributed by atoms with E-state index in [2.05, 4.69) is 78.1 Å². The van der Waals surface area contributed by atoms with Crippen molar-refractivity contribution in [2.75, 3.05) is 7.11 Å². The molecule has 0 aliphatic carbocycles. The zero-order valence-corrected chi connectivity index (χ0v) is 20.4. The number of rotatable bonds is 4. The lowest BCUT2D eigenvalue weighted by Gasteiger charge is -2.33. The Balaban J connectivity index is 2.46. The van der Waals surface area contributed by atoms with Gasteiger partial charge in [-0.3, -0.25) is 0 Å². The summed E-state index contributed by atoms with van der Waals surface area (Å²) >= 11 is 0. The lowest BCUT2D eigenvalue weighted by atomic mass is 10.1. The van der Waals surface area contributed by atoms with Crippen LogP contribution in [0.4, 0.5) is 0 Å². The molecule has 0 aromatic heterocycles. The van der Waals surface area contributed by atoms with Crippen LogP contribution in [0.2, 0.25) is 0 Å². The van der Waals surface area contributed by atoms with Crippen LogP contribution in [-0.2, 0) is 14.0 Å². The fraction of sp³-hybridized carbons (Fsp3) is 0.346. The molecule has 2 aromatic rings. The van der Waals surface area contributed by atoms with Crippen molar-refractivity contribution in [1.29, 1.82) is 0 Å². The van der Waals surface area contributed by atoms with Crippen molar-refractivity contribution < 1.29 is 14.0 Å². The molecular weight excluding hydrogens is 388 g/mol. The number of ether oxygens (including phenoxy) is 1. The summed E-state index contributed by atoms with van der Waals surface area (Å²) in [5.41, 5.74) is 10.7. The lowest BCUT2D eigenvalue weighted by Crippen LogP contribution is -2.62. The SMILES string of the molecule is C=C(C)C1O[Si](c2c(C)cc(C)cc2C)(c2c(C)cc(C)cc2C)C=C1C(=O)OC. The maximum Gasteiger partial charge on any atom is 0.336 e. The van der Waals surface area contributed by atoms with Crippen LogP contribution >= 0.6 is 0 Å². The van der Waals surface area contributed by atoms with Gasteiger partial charge in [-0.15, -0.1) is 0 Å². The van der Waals surface area contributed by atoms with Gasteiger partial charge in [0.05, 0.1) is 18.8 Å². The molecule has 4 heteroatoms. The van der Waals surface area contributed by atoms with Gasteiger partial charge in [0.2, 0.25) is 0 Å². The standard InChI is InChI=1S/C26H32O3Si/c1-15(2)23-22(26(27)28-9)14-30(29-23,24-18(5)10-16(3)11-19(24)6)25-20(7)12-17(4)13-21(25)8/h10-14,23H,1H2,2-9H3. The van der Waals surface area contributed by atoms with Crippen LogP contribution in [-0.4, -0.2) is 27.5 Å². The Morgan fingerprint density at radius 3 is 1.63 bits per heavy atom. The third-order valence-electron chi connectivity index (χ3n) is 5.91. The summed E-state index contributed by atoms with van der Waals surface area (Å²) in [6.07, 6.45) is -0.468. The van der Waals surface area contributed by atoms with Gasteiger partial charge in [0.1, 0.15) is 0 Å². The fourth-order valence-electron chi connectivity index (χ4n) is 5.15. The van der Waals surface area contributed by atoms with Crippen molar-refractivity contribution in [1.82, 2.24) is 0 Å². The van der Waals surface area contributed by atoms with Gasteiger partial charge in [0.25, 0.3) is 8.32 Å². The Kier molecular flexibility index (Phi) is 5.94. The van der Waals surface area contributed by atoms with Crippen LogP contribution < -0.4 is 10.4 Å². The third-order valence-corrected chi connectivity index (χ3v) is 10.3. The molecule has 0 amide bonds. The van der Waals surface area contributed by atoms with Gasteiger partial charge < -0.3 is 9.16 Å². The molecule has 2 aromatic carbocycles. The molecule has 1 heterocycles. The highest BCUT2D eigenvalue weighted by Gasteiger charge is 2.51. The van der Waals surface area contributed by atoms with Crippen molar-refractivity contribution in [3.8, 4) is 0 Å². The summed E-state index contributed by atoms with van der Waals surface area (Å²) in [5.74, 6) is -0.345. The highest BCUT2D eigenvalue weighted by atomic mass is 28.4. The molecule has 0 N–H and O–H groups in total. The molecule has 158 valence electrons. The van der Waals surface area contributed by atoms with Crippen LogP contribution in [0, 0.1) is 41.5 Å². The van der Waals surface area contributed by atoms with Crippen molar-refractivity contribution >= 4 is 24.7 Å². The molecule has 0 spiro atoms. The van der Waals surface area contributed by atoms with E-state index in [1.807, 2.05) is 6.92 Å². The predicted molar refractivity (Wildman–Crippen MR) is 126 cm³/mol. The molecule has 0 bridgehead atoms. The topological polar surface area (TPSA) is 35.5 Å². The van der Waals surface area contributed by atoms with Crippen molar-refractivity contribution in [3.63, 3.8) is 0 Å². The molecule has 1 aliphatic rings. The van der Waals surface area contributed by atoms with E-state index in [0.29, 0.717) is 5.57 Å². The van der Waals surface area contributed by atoms with E-state index in [9.17, 15) is 4.79 Å². The minimum atomic E-state index is -2.90. The number of hydrogen-bond donors (Lipinski definition) is 0. The van der Waals surface area contributed by atoms with Crippen molar-refractivity contribution in [2.45, 2.75) is 54.6 Å². The quantitative estimate of drug-likeness (QED) is 0.422. The zero-order valence-electron chi connectivity index (χ0n) is 19.4. The molecule has 0 saturated heterocycles. The van der Waals surface area contributed by atoms with E-state index in [1.165, 1.54) is 50.9 Å². The molecular formula is C26H32O3Si. The normalized spacial score (nSPS) is 17.6. The number of aryl methyl sites for hydroxylation is 6. The number of carbonyl (C=O) groups excluding carboxylic acids is 1. The third kappa shape index (κ3) is 3.59. The zero-order chi connectivity index (χ0) is 22.4. The van der Waals surface area contributed by atoms with E-state index in [1.54, 1.807) is 0 Å². The van der Waals surface area contributed by atoms with Gasteiger partial charge in [0.15, 0.2) is 0 Å². The molecule has 1 unspecified atom stereocenters. The average molecular weight is 421 g/mol. The van der Waals surface area contributed by atoms with Crippen molar-refractivity contribution in [2.24, 2.45) is 0 Å². The number of benzene rings is 2. The number of carbonyl (C=O) groups is 1. The van der Waals surface area contributed by atoms with E-state index in [4.69, 9.17) is 9.16 Å². The molecule has 0 saturated carbocycles. The molecule has 3 rings (SSSR count). The van der Waals surface area contributed by atoms with Gasteiger partial charge in [0, 0.05) is 0 Å². The van der Waals surface area contributed by atoms with Crippen molar-refractivity contribution in [3.05, 3.63) is 81.1 Å². The number of methoxy groups -OCH3 is 1. The maximum absolute atomic E-state index is 12.7. The summed E-state index contributed by atoms with van der Waals surface area (Å²) < 4.78 is 12.1. The number of hydrogen-bond acceptors (Lipinski definition) is 3. The minimum Gasteiger partial charge on any atom is -0.466 e.